The Morgan fingerprint density at radius 2 is 1.95 bits per heavy atom. The largest absolute Gasteiger partial charge is 0.504 e. The third kappa shape index (κ3) is 6.15. The van der Waals surface area contributed by atoms with E-state index >= 15 is 0 Å². The van der Waals surface area contributed by atoms with Crippen LogP contribution in [0.2, 0.25) is 0 Å². The van der Waals surface area contributed by atoms with Crippen molar-refractivity contribution in [3.63, 3.8) is 0 Å². The summed E-state index contributed by atoms with van der Waals surface area (Å²) >= 11 is 0.639. The molecule has 37 heavy (non-hydrogen) atoms. The number of hydrogen-bond acceptors (Lipinski definition) is 8. The molecular formula is C25H28FN5O5S. The van der Waals surface area contributed by atoms with E-state index in [0.29, 0.717) is 30.4 Å². The summed E-state index contributed by atoms with van der Waals surface area (Å²) in [7, 11) is 1.34. The van der Waals surface area contributed by atoms with Crippen LogP contribution in [0.1, 0.15) is 52.0 Å². The molecule has 6 N–H and O–H groups in total. The summed E-state index contributed by atoms with van der Waals surface area (Å²) in [6, 6.07) is 7.98. The predicted octanol–water partition coefficient (Wildman–Crippen LogP) is 3.23. The second kappa shape index (κ2) is 11.7. The molecule has 0 bridgehead atoms. The Hall–Kier alpha value is -4.19. The molecule has 0 aliphatic rings. The average molecular weight is 530 g/mol. The van der Waals surface area contributed by atoms with Gasteiger partial charge in [-0.05, 0) is 59.8 Å². The topological polar surface area (TPSA) is 161 Å². The van der Waals surface area contributed by atoms with Crippen LogP contribution in [0.25, 0.3) is 0 Å². The van der Waals surface area contributed by atoms with Gasteiger partial charge in [-0.25, -0.2) is 4.39 Å². The van der Waals surface area contributed by atoms with Crippen molar-refractivity contribution in [2.24, 2.45) is 11.7 Å². The van der Waals surface area contributed by atoms with Crippen molar-refractivity contribution in [1.82, 2.24) is 9.69 Å². The molecule has 3 rings (SSSR count). The van der Waals surface area contributed by atoms with Gasteiger partial charge in [0.25, 0.3) is 11.8 Å². The Morgan fingerprint density at radius 3 is 2.54 bits per heavy atom. The van der Waals surface area contributed by atoms with Gasteiger partial charge in [-0.3, -0.25) is 19.3 Å². The average Bonchev–Trinajstić information content (AvgIpc) is 3.23. The molecule has 3 aromatic rings. The molecule has 196 valence electrons. The van der Waals surface area contributed by atoms with E-state index in [1.807, 2.05) is 13.8 Å². The Labute approximate surface area is 217 Å². The van der Waals surface area contributed by atoms with E-state index in [1.165, 1.54) is 43.5 Å². The normalized spacial score (nSPS) is 11.7. The fourth-order valence-corrected chi connectivity index (χ4v) is 4.35. The van der Waals surface area contributed by atoms with Crippen LogP contribution in [0, 0.1) is 11.7 Å². The second-order valence-corrected chi connectivity index (χ2v) is 9.37. The summed E-state index contributed by atoms with van der Waals surface area (Å²) in [5.41, 5.74) is 11.1. The number of nitrogens with one attached hydrogen (secondary N) is 1. The number of rotatable bonds is 10. The Morgan fingerprint density at radius 1 is 1.22 bits per heavy atom. The summed E-state index contributed by atoms with van der Waals surface area (Å²) in [5.74, 6) is -2.74. The number of phenols is 1. The minimum Gasteiger partial charge on any atom is -0.504 e. The zero-order valence-corrected chi connectivity index (χ0v) is 21.3. The smallest absolute Gasteiger partial charge is 0.273 e. The zero-order valence-electron chi connectivity index (χ0n) is 20.5. The van der Waals surface area contributed by atoms with E-state index in [4.69, 9.17) is 16.2 Å². The Balaban J connectivity index is 2.21. The molecule has 2 aromatic carbocycles. The molecule has 0 radical (unpaired) electrons. The molecule has 0 fully saturated rings. The van der Waals surface area contributed by atoms with Crippen molar-refractivity contribution in [2.75, 3.05) is 24.3 Å². The van der Waals surface area contributed by atoms with Crippen LogP contribution in [0.15, 0.2) is 42.5 Å². The first kappa shape index (κ1) is 27.4. The molecule has 12 heteroatoms. The lowest BCUT2D eigenvalue weighted by atomic mass is 10.0. The number of nitrogens with two attached hydrogens (primary N) is 2. The van der Waals surface area contributed by atoms with E-state index in [-0.39, 0.29) is 39.0 Å². The number of phenolic OH excluding ortho intramolecular Hbond substituents is 1. The number of nitrogen functional groups attached to an aromatic ring is 1. The minimum atomic E-state index is -1.34. The summed E-state index contributed by atoms with van der Waals surface area (Å²) in [6.45, 7) is 4.32. The number of amides is 3. The lowest BCUT2D eigenvalue weighted by Crippen LogP contribution is -2.44. The van der Waals surface area contributed by atoms with Crippen molar-refractivity contribution >= 4 is 40.6 Å². The van der Waals surface area contributed by atoms with Gasteiger partial charge in [-0.1, -0.05) is 26.0 Å². The number of hydrogen-bond donors (Lipinski definition) is 4. The van der Waals surface area contributed by atoms with Crippen LogP contribution in [0.4, 0.5) is 15.8 Å². The number of nitrogens with zero attached hydrogens (tertiary/aromatic N) is 2. The molecule has 0 aliphatic heterocycles. The predicted molar refractivity (Wildman–Crippen MR) is 138 cm³/mol. The lowest BCUT2D eigenvalue weighted by molar-refractivity contribution is -0.122. The molecule has 0 aliphatic carbocycles. The molecule has 0 spiro atoms. The molecule has 1 atom stereocenters. The van der Waals surface area contributed by atoms with Crippen molar-refractivity contribution in [1.29, 1.82) is 0 Å². The molecule has 0 unspecified atom stereocenters. The maximum Gasteiger partial charge on any atom is 0.273 e. The first-order valence-corrected chi connectivity index (χ1v) is 12.1. The third-order valence-corrected chi connectivity index (χ3v) is 6.36. The number of carbonyl (C=O) groups excluding carboxylic acids is 3. The van der Waals surface area contributed by atoms with Crippen LogP contribution >= 0.6 is 11.5 Å². The van der Waals surface area contributed by atoms with Crippen LogP contribution in [-0.4, -0.2) is 40.9 Å². The van der Waals surface area contributed by atoms with Gasteiger partial charge >= 0.3 is 0 Å². The summed E-state index contributed by atoms with van der Waals surface area (Å²) < 4.78 is 23.4. The summed E-state index contributed by atoms with van der Waals surface area (Å²) in [5, 5.41) is 12.9. The van der Waals surface area contributed by atoms with Crippen LogP contribution in [0.5, 0.6) is 11.5 Å². The number of methoxy groups -OCH3 is 1. The molecule has 0 saturated carbocycles. The third-order valence-electron chi connectivity index (χ3n) is 5.51. The maximum absolute atomic E-state index is 14.3. The van der Waals surface area contributed by atoms with E-state index in [9.17, 15) is 23.9 Å². The van der Waals surface area contributed by atoms with Gasteiger partial charge in [0.15, 0.2) is 17.2 Å². The van der Waals surface area contributed by atoms with Crippen molar-refractivity contribution in [3.05, 3.63) is 64.4 Å². The summed E-state index contributed by atoms with van der Waals surface area (Å²) in [4.78, 5) is 40.1. The Bertz CT molecular complexity index is 1310. The van der Waals surface area contributed by atoms with Gasteiger partial charge in [0, 0.05) is 12.2 Å². The van der Waals surface area contributed by atoms with Crippen LogP contribution in [0.3, 0.4) is 0 Å². The zero-order chi connectivity index (χ0) is 27.3. The van der Waals surface area contributed by atoms with Crippen molar-refractivity contribution in [2.45, 2.75) is 26.3 Å². The van der Waals surface area contributed by atoms with Gasteiger partial charge in [0.2, 0.25) is 5.91 Å². The van der Waals surface area contributed by atoms with Crippen molar-refractivity contribution in [3.8, 4) is 11.5 Å². The van der Waals surface area contributed by atoms with Gasteiger partial charge in [-0.15, -0.1) is 0 Å². The van der Waals surface area contributed by atoms with Crippen molar-refractivity contribution < 1.29 is 28.6 Å². The second-order valence-electron chi connectivity index (χ2n) is 8.60. The fourth-order valence-electron chi connectivity index (χ4n) is 3.61. The lowest BCUT2D eigenvalue weighted by Gasteiger charge is -2.31. The molecule has 1 heterocycles. The SMILES string of the molecule is COc1cc([C@H](C(=O)NCCC(C)C)N(C(=O)c2snc(C(N)=O)c2N)c2cccc(F)c2)ccc1O. The molecule has 3 amide bonds. The number of aromatic hydroxyl groups is 1. The van der Waals surface area contributed by atoms with E-state index in [2.05, 4.69) is 9.69 Å². The quantitative estimate of drug-likeness (QED) is 0.313. The van der Waals surface area contributed by atoms with Gasteiger partial charge in [0.1, 0.15) is 16.7 Å². The number of anilines is 2. The first-order chi connectivity index (χ1) is 17.5. The number of ether oxygens (including phenoxy) is 1. The molecular weight excluding hydrogens is 501 g/mol. The van der Waals surface area contributed by atoms with Crippen LogP contribution in [-0.2, 0) is 4.79 Å². The first-order valence-electron chi connectivity index (χ1n) is 11.3. The highest BCUT2D eigenvalue weighted by atomic mass is 32.1. The molecule has 1 aromatic heterocycles. The Kier molecular flexibility index (Phi) is 8.66. The van der Waals surface area contributed by atoms with Gasteiger partial charge in [0.05, 0.1) is 12.8 Å². The molecule has 10 nitrogen and oxygen atoms in total. The fraction of sp³-hybridized carbons (Fsp3) is 0.280. The number of primary amides is 1. The highest BCUT2D eigenvalue weighted by Gasteiger charge is 2.36. The summed E-state index contributed by atoms with van der Waals surface area (Å²) in [6.07, 6.45) is 0.676. The van der Waals surface area contributed by atoms with Gasteiger partial charge < -0.3 is 26.6 Å². The van der Waals surface area contributed by atoms with E-state index in [1.54, 1.807) is 0 Å². The number of carbonyl (C=O) groups is 3. The highest BCUT2D eigenvalue weighted by Crippen LogP contribution is 2.36. The van der Waals surface area contributed by atoms with Gasteiger partial charge in [-0.2, -0.15) is 4.37 Å². The standard InChI is InChI=1S/C25H28FN5O5S/c1-13(2)9-10-29-24(34)21(14-7-8-17(32)18(11-14)36-3)31(16-6-4-5-15(26)12-16)25(35)22-19(27)20(23(28)33)30-37-22/h4-8,11-13,21,32H,9-10,27H2,1-3H3,(H2,28,33)(H,29,34)/t21-/m1/s1. The maximum atomic E-state index is 14.3. The number of benzene rings is 2. The minimum absolute atomic E-state index is 0.0504. The number of aromatic nitrogens is 1. The monoisotopic (exact) mass is 529 g/mol. The molecule has 0 saturated heterocycles. The van der Waals surface area contributed by atoms with Crippen LogP contribution < -0.4 is 26.4 Å². The van der Waals surface area contributed by atoms with E-state index < -0.39 is 29.6 Å². The highest BCUT2D eigenvalue weighted by molar-refractivity contribution is 7.09. The van der Waals surface area contributed by atoms with E-state index in [0.717, 1.165) is 11.0 Å². The number of halogens is 1.